The van der Waals surface area contributed by atoms with Crippen LogP contribution in [0.1, 0.15) is 16.1 Å². The SMILES string of the molecule is Nc1cn[nH]c1C(=O)N1CCN(Cc2cccnc2)CC1. The van der Waals surface area contributed by atoms with Crippen molar-refractivity contribution in [2.24, 2.45) is 0 Å². The van der Waals surface area contributed by atoms with E-state index < -0.39 is 0 Å². The summed E-state index contributed by atoms with van der Waals surface area (Å²) in [5, 5.41) is 6.46. The molecule has 2 aromatic rings. The summed E-state index contributed by atoms with van der Waals surface area (Å²) in [6.45, 7) is 3.93. The molecule has 0 saturated carbocycles. The highest BCUT2D eigenvalue weighted by molar-refractivity contribution is 5.97. The van der Waals surface area contributed by atoms with E-state index in [0.29, 0.717) is 24.5 Å². The molecular weight excluding hydrogens is 268 g/mol. The maximum Gasteiger partial charge on any atom is 0.274 e. The van der Waals surface area contributed by atoms with E-state index in [1.165, 1.54) is 11.8 Å². The molecule has 0 radical (unpaired) electrons. The van der Waals surface area contributed by atoms with E-state index in [-0.39, 0.29) is 5.91 Å². The number of aromatic nitrogens is 3. The lowest BCUT2D eigenvalue weighted by atomic mass is 10.2. The highest BCUT2D eigenvalue weighted by atomic mass is 16.2. The fraction of sp³-hybridized carbons (Fsp3) is 0.357. The van der Waals surface area contributed by atoms with E-state index in [4.69, 9.17) is 5.73 Å². The third-order valence-electron chi connectivity index (χ3n) is 3.67. The Morgan fingerprint density at radius 2 is 2.10 bits per heavy atom. The van der Waals surface area contributed by atoms with Gasteiger partial charge >= 0.3 is 0 Å². The Bertz CT molecular complexity index is 603. The van der Waals surface area contributed by atoms with Crippen molar-refractivity contribution >= 4 is 11.6 Å². The van der Waals surface area contributed by atoms with Crippen LogP contribution in [0.25, 0.3) is 0 Å². The van der Waals surface area contributed by atoms with Gasteiger partial charge in [0.25, 0.3) is 5.91 Å². The van der Waals surface area contributed by atoms with Crippen LogP contribution in [-0.4, -0.2) is 57.1 Å². The van der Waals surface area contributed by atoms with E-state index in [0.717, 1.165) is 19.6 Å². The lowest BCUT2D eigenvalue weighted by molar-refractivity contribution is 0.0623. The van der Waals surface area contributed by atoms with Crippen molar-refractivity contribution in [1.29, 1.82) is 0 Å². The normalized spacial score (nSPS) is 16.1. The van der Waals surface area contributed by atoms with Crippen LogP contribution in [0.5, 0.6) is 0 Å². The van der Waals surface area contributed by atoms with Gasteiger partial charge in [-0.1, -0.05) is 6.07 Å². The Morgan fingerprint density at radius 1 is 1.29 bits per heavy atom. The predicted octanol–water partition coefficient (Wildman–Crippen LogP) is 0.345. The first kappa shape index (κ1) is 13.6. The Morgan fingerprint density at radius 3 is 2.71 bits per heavy atom. The molecule has 7 heteroatoms. The van der Waals surface area contributed by atoms with Crippen LogP contribution in [0.15, 0.2) is 30.7 Å². The van der Waals surface area contributed by atoms with Gasteiger partial charge in [-0.2, -0.15) is 5.10 Å². The number of carbonyl (C=O) groups is 1. The average Bonchev–Trinajstić information content (AvgIpc) is 2.94. The van der Waals surface area contributed by atoms with Crippen molar-refractivity contribution in [3.05, 3.63) is 42.0 Å². The molecule has 1 fully saturated rings. The van der Waals surface area contributed by atoms with Gasteiger partial charge in [-0.05, 0) is 11.6 Å². The molecule has 0 aliphatic carbocycles. The van der Waals surface area contributed by atoms with E-state index in [2.05, 4.69) is 26.1 Å². The Balaban J connectivity index is 1.56. The molecule has 1 aliphatic heterocycles. The molecule has 0 spiro atoms. The average molecular weight is 286 g/mol. The van der Waals surface area contributed by atoms with Gasteiger partial charge < -0.3 is 10.6 Å². The highest BCUT2D eigenvalue weighted by Crippen LogP contribution is 2.13. The second kappa shape index (κ2) is 5.92. The number of nitrogen functional groups attached to an aromatic ring is 1. The third-order valence-corrected chi connectivity index (χ3v) is 3.67. The minimum Gasteiger partial charge on any atom is -0.396 e. The van der Waals surface area contributed by atoms with Gasteiger partial charge in [0.15, 0.2) is 0 Å². The van der Waals surface area contributed by atoms with Gasteiger partial charge in [0.2, 0.25) is 0 Å². The molecule has 0 bridgehead atoms. The summed E-state index contributed by atoms with van der Waals surface area (Å²) in [7, 11) is 0. The van der Waals surface area contributed by atoms with E-state index in [1.807, 2.05) is 17.2 Å². The van der Waals surface area contributed by atoms with Gasteiger partial charge in [0.1, 0.15) is 5.69 Å². The molecule has 3 heterocycles. The monoisotopic (exact) mass is 286 g/mol. The van der Waals surface area contributed by atoms with Crippen molar-refractivity contribution in [2.45, 2.75) is 6.54 Å². The van der Waals surface area contributed by atoms with Crippen LogP contribution < -0.4 is 5.73 Å². The first-order valence-electron chi connectivity index (χ1n) is 6.93. The van der Waals surface area contributed by atoms with Crippen molar-refractivity contribution in [3.63, 3.8) is 0 Å². The van der Waals surface area contributed by atoms with Crippen molar-refractivity contribution in [1.82, 2.24) is 25.0 Å². The summed E-state index contributed by atoms with van der Waals surface area (Å²) in [4.78, 5) is 20.5. The number of nitrogens with one attached hydrogen (secondary N) is 1. The maximum atomic E-state index is 12.3. The number of piperazine rings is 1. The van der Waals surface area contributed by atoms with E-state index in [9.17, 15) is 4.79 Å². The summed E-state index contributed by atoms with van der Waals surface area (Å²) < 4.78 is 0. The number of amides is 1. The lowest BCUT2D eigenvalue weighted by Crippen LogP contribution is -2.48. The zero-order valence-electron chi connectivity index (χ0n) is 11.7. The number of aromatic amines is 1. The zero-order valence-corrected chi connectivity index (χ0v) is 11.7. The van der Waals surface area contributed by atoms with Crippen LogP contribution >= 0.6 is 0 Å². The van der Waals surface area contributed by atoms with Crippen LogP contribution in [0.2, 0.25) is 0 Å². The quantitative estimate of drug-likeness (QED) is 0.849. The number of nitrogens with two attached hydrogens (primary N) is 1. The summed E-state index contributed by atoms with van der Waals surface area (Å²) >= 11 is 0. The van der Waals surface area contributed by atoms with Crippen molar-refractivity contribution < 1.29 is 4.79 Å². The second-order valence-electron chi connectivity index (χ2n) is 5.13. The highest BCUT2D eigenvalue weighted by Gasteiger charge is 2.24. The summed E-state index contributed by atoms with van der Waals surface area (Å²) in [6.07, 6.45) is 5.11. The van der Waals surface area contributed by atoms with Gasteiger partial charge in [0.05, 0.1) is 11.9 Å². The van der Waals surface area contributed by atoms with Crippen LogP contribution in [-0.2, 0) is 6.54 Å². The second-order valence-corrected chi connectivity index (χ2v) is 5.13. The molecule has 3 rings (SSSR count). The Labute approximate surface area is 122 Å². The number of carbonyl (C=O) groups excluding carboxylic acids is 1. The van der Waals surface area contributed by atoms with Crippen LogP contribution in [0.4, 0.5) is 5.69 Å². The number of rotatable bonds is 3. The Kier molecular flexibility index (Phi) is 3.83. The topological polar surface area (TPSA) is 91.1 Å². The summed E-state index contributed by atoms with van der Waals surface area (Å²) in [5.41, 5.74) is 7.69. The summed E-state index contributed by atoms with van der Waals surface area (Å²) in [6, 6.07) is 4.01. The number of hydrogen-bond donors (Lipinski definition) is 2. The first-order chi connectivity index (χ1) is 10.2. The number of nitrogens with zero attached hydrogens (tertiary/aromatic N) is 4. The molecule has 0 atom stereocenters. The van der Waals surface area contributed by atoms with E-state index in [1.54, 1.807) is 6.20 Å². The molecular formula is C14H18N6O. The molecule has 21 heavy (non-hydrogen) atoms. The fourth-order valence-electron chi connectivity index (χ4n) is 2.48. The molecule has 2 aromatic heterocycles. The minimum atomic E-state index is -0.0778. The van der Waals surface area contributed by atoms with Gasteiger partial charge in [-0.3, -0.25) is 19.8 Å². The maximum absolute atomic E-state index is 12.3. The fourth-order valence-corrected chi connectivity index (χ4v) is 2.48. The minimum absolute atomic E-state index is 0.0778. The lowest BCUT2D eigenvalue weighted by Gasteiger charge is -2.34. The van der Waals surface area contributed by atoms with Gasteiger partial charge in [-0.25, -0.2) is 0 Å². The van der Waals surface area contributed by atoms with Gasteiger partial charge in [0, 0.05) is 45.1 Å². The molecule has 110 valence electrons. The van der Waals surface area contributed by atoms with Crippen molar-refractivity contribution in [3.8, 4) is 0 Å². The standard InChI is InChI=1S/C14H18N6O/c15-12-9-17-18-13(12)14(21)20-6-4-19(5-7-20)10-11-2-1-3-16-8-11/h1-3,8-9H,4-7,10,15H2,(H,17,18). The molecule has 3 N–H and O–H groups in total. The molecule has 1 aliphatic rings. The zero-order chi connectivity index (χ0) is 14.7. The molecule has 7 nitrogen and oxygen atoms in total. The number of H-pyrrole nitrogens is 1. The molecule has 0 aromatic carbocycles. The third kappa shape index (κ3) is 3.03. The van der Waals surface area contributed by atoms with Gasteiger partial charge in [-0.15, -0.1) is 0 Å². The van der Waals surface area contributed by atoms with E-state index >= 15 is 0 Å². The van der Waals surface area contributed by atoms with Crippen LogP contribution in [0.3, 0.4) is 0 Å². The molecule has 1 amide bonds. The molecule has 1 saturated heterocycles. The van der Waals surface area contributed by atoms with Crippen LogP contribution in [0, 0.1) is 0 Å². The number of hydrogen-bond acceptors (Lipinski definition) is 5. The smallest absolute Gasteiger partial charge is 0.274 e. The number of anilines is 1. The largest absolute Gasteiger partial charge is 0.396 e. The van der Waals surface area contributed by atoms with Crippen molar-refractivity contribution in [2.75, 3.05) is 31.9 Å². The predicted molar refractivity (Wildman–Crippen MR) is 78.4 cm³/mol. The summed E-state index contributed by atoms with van der Waals surface area (Å²) in [5.74, 6) is -0.0778. The first-order valence-corrected chi connectivity index (χ1v) is 6.93. The Hall–Kier alpha value is -2.41. The number of pyridine rings is 1. The molecule has 0 unspecified atom stereocenters.